The van der Waals surface area contributed by atoms with Crippen LogP contribution in [0.25, 0.3) is 0 Å². The summed E-state index contributed by atoms with van der Waals surface area (Å²) in [5, 5.41) is 3.93. The number of carbonyl (C=O) groups excluding carboxylic acids is 1. The Morgan fingerprint density at radius 3 is 2.64 bits per heavy atom. The fraction of sp³-hybridized carbons (Fsp3) is 0.217. The van der Waals surface area contributed by atoms with Gasteiger partial charge < -0.3 is 14.2 Å². The van der Waals surface area contributed by atoms with Gasteiger partial charge in [-0.15, -0.1) is 6.58 Å². The molecule has 0 radical (unpaired) electrons. The predicted molar refractivity (Wildman–Crippen MR) is 108 cm³/mol. The van der Waals surface area contributed by atoms with Crippen molar-refractivity contribution in [3.05, 3.63) is 95.4 Å². The van der Waals surface area contributed by atoms with E-state index in [1.807, 2.05) is 56.3 Å². The monoisotopic (exact) mass is 376 g/mol. The van der Waals surface area contributed by atoms with Gasteiger partial charge in [0, 0.05) is 18.7 Å². The second kappa shape index (κ2) is 9.04. The van der Waals surface area contributed by atoms with E-state index >= 15 is 0 Å². The number of carbonyl (C=O) groups is 1. The van der Waals surface area contributed by atoms with E-state index in [9.17, 15) is 4.79 Å². The number of aryl methyl sites for hydroxylation is 2. The van der Waals surface area contributed by atoms with Gasteiger partial charge in [-0.1, -0.05) is 47.6 Å². The molecule has 2 aromatic carbocycles. The number of hydrogen-bond acceptors (Lipinski definition) is 4. The highest BCUT2D eigenvalue weighted by atomic mass is 16.5. The number of benzene rings is 2. The van der Waals surface area contributed by atoms with Crippen molar-refractivity contribution in [1.82, 2.24) is 10.1 Å². The van der Waals surface area contributed by atoms with E-state index in [4.69, 9.17) is 9.26 Å². The van der Waals surface area contributed by atoms with Gasteiger partial charge >= 0.3 is 0 Å². The topological polar surface area (TPSA) is 55.6 Å². The average Bonchev–Trinajstić information content (AvgIpc) is 3.04. The summed E-state index contributed by atoms with van der Waals surface area (Å²) >= 11 is 0. The molecule has 0 fully saturated rings. The fourth-order valence-electron chi connectivity index (χ4n) is 2.94. The third-order valence-corrected chi connectivity index (χ3v) is 4.50. The van der Waals surface area contributed by atoms with Gasteiger partial charge in [0.2, 0.25) is 0 Å². The second-order valence-corrected chi connectivity index (χ2v) is 6.58. The summed E-state index contributed by atoms with van der Waals surface area (Å²) in [6.07, 6.45) is 1.73. The summed E-state index contributed by atoms with van der Waals surface area (Å²) in [6.45, 7) is 8.85. The molecule has 1 amide bonds. The zero-order valence-corrected chi connectivity index (χ0v) is 16.2. The number of ether oxygens (including phenoxy) is 1. The van der Waals surface area contributed by atoms with Gasteiger partial charge in [0.25, 0.3) is 5.91 Å². The summed E-state index contributed by atoms with van der Waals surface area (Å²) in [5.74, 6) is 1.31. The Kier molecular flexibility index (Phi) is 6.27. The molecule has 1 heterocycles. The molecule has 0 saturated carbocycles. The van der Waals surface area contributed by atoms with Crippen molar-refractivity contribution < 1.29 is 14.1 Å². The highest BCUT2D eigenvalue weighted by Crippen LogP contribution is 2.20. The maximum Gasteiger partial charge on any atom is 0.254 e. The van der Waals surface area contributed by atoms with Crippen LogP contribution >= 0.6 is 0 Å². The molecular formula is C23H24N2O3. The molecule has 3 rings (SSSR count). The minimum atomic E-state index is -0.0634. The Balaban J connectivity index is 1.73. The van der Waals surface area contributed by atoms with Crippen LogP contribution < -0.4 is 4.74 Å². The molecule has 0 aliphatic heterocycles. The van der Waals surface area contributed by atoms with Gasteiger partial charge in [-0.25, -0.2) is 0 Å². The van der Waals surface area contributed by atoms with Crippen LogP contribution in [0.4, 0.5) is 0 Å². The van der Waals surface area contributed by atoms with Gasteiger partial charge in [0.05, 0.1) is 11.3 Å². The fourth-order valence-corrected chi connectivity index (χ4v) is 2.94. The van der Waals surface area contributed by atoms with Gasteiger partial charge in [-0.3, -0.25) is 4.79 Å². The van der Waals surface area contributed by atoms with Gasteiger partial charge in [-0.05, 0) is 37.6 Å². The van der Waals surface area contributed by atoms with Crippen LogP contribution in [-0.2, 0) is 13.2 Å². The number of rotatable bonds is 8. The lowest BCUT2D eigenvalue weighted by molar-refractivity contribution is 0.0762. The van der Waals surface area contributed by atoms with E-state index in [0.29, 0.717) is 31.0 Å². The molecule has 0 bridgehead atoms. The first-order valence-electron chi connectivity index (χ1n) is 9.17. The summed E-state index contributed by atoms with van der Waals surface area (Å²) < 4.78 is 11.0. The number of nitrogens with zero attached hydrogens (tertiary/aromatic N) is 2. The average molecular weight is 376 g/mol. The summed E-state index contributed by atoms with van der Waals surface area (Å²) in [7, 11) is 0. The normalized spacial score (nSPS) is 10.5. The van der Waals surface area contributed by atoms with Crippen molar-refractivity contribution >= 4 is 5.91 Å². The molecule has 0 unspecified atom stereocenters. The van der Waals surface area contributed by atoms with Crippen molar-refractivity contribution in [1.29, 1.82) is 0 Å². The minimum Gasteiger partial charge on any atom is -0.489 e. The Morgan fingerprint density at radius 2 is 1.96 bits per heavy atom. The zero-order chi connectivity index (χ0) is 19.9. The van der Waals surface area contributed by atoms with E-state index in [1.165, 1.54) is 0 Å². The smallest absolute Gasteiger partial charge is 0.254 e. The molecule has 3 aromatic rings. The third kappa shape index (κ3) is 4.68. The summed E-state index contributed by atoms with van der Waals surface area (Å²) in [5.41, 5.74) is 3.39. The molecular weight excluding hydrogens is 352 g/mol. The van der Waals surface area contributed by atoms with Gasteiger partial charge in [-0.2, -0.15) is 0 Å². The quantitative estimate of drug-likeness (QED) is 0.535. The predicted octanol–water partition coefficient (Wildman–Crippen LogP) is 4.70. The van der Waals surface area contributed by atoms with Crippen molar-refractivity contribution in [2.75, 3.05) is 6.54 Å². The number of aromatic nitrogens is 1. The van der Waals surface area contributed by atoms with Gasteiger partial charge in [0.15, 0.2) is 0 Å². The maximum absolute atomic E-state index is 13.0. The first kappa shape index (κ1) is 19.4. The maximum atomic E-state index is 13.0. The van der Waals surface area contributed by atoms with Crippen molar-refractivity contribution in [2.24, 2.45) is 0 Å². The van der Waals surface area contributed by atoms with Crippen molar-refractivity contribution in [3.63, 3.8) is 0 Å². The Hall–Kier alpha value is -3.34. The standard InChI is InChI=1S/C23H24N2O3/c1-4-13-25(15-19-9-6-5-7-10-19)23(26)20-11-8-12-21(14-20)27-16-22-17(2)24-28-18(22)3/h4-12,14H,1,13,15-16H2,2-3H3. The molecule has 5 nitrogen and oxygen atoms in total. The number of hydrogen-bond donors (Lipinski definition) is 0. The van der Waals surface area contributed by atoms with E-state index in [2.05, 4.69) is 11.7 Å². The summed E-state index contributed by atoms with van der Waals surface area (Å²) in [4.78, 5) is 14.8. The van der Waals surface area contributed by atoms with Crippen molar-refractivity contribution in [3.8, 4) is 5.75 Å². The first-order chi connectivity index (χ1) is 13.6. The molecule has 1 aromatic heterocycles. The minimum absolute atomic E-state index is 0.0634. The van der Waals surface area contributed by atoms with E-state index < -0.39 is 0 Å². The Bertz CT molecular complexity index is 928. The molecule has 0 N–H and O–H groups in total. The Morgan fingerprint density at radius 1 is 1.18 bits per heavy atom. The molecule has 0 aliphatic carbocycles. The SMILES string of the molecule is C=CCN(Cc1ccccc1)C(=O)c1cccc(OCc2c(C)noc2C)c1. The van der Waals surface area contributed by atoms with Crippen LogP contribution in [0.15, 0.2) is 71.8 Å². The van der Waals surface area contributed by atoms with Crippen LogP contribution in [0.5, 0.6) is 5.75 Å². The lowest BCUT2D eigenvalue weighted by Gasteiger charge is -2.21. The highest BCUT2D eigenvalue weighted by Gasteiger charge is 2.16. The molecule has 0 saturated heterocycles. The third-order valence-electron chi connectivity index (χ3n) is 4.50. The van der Waals surface area contributed by atoms with Crippen molar-refractivity contribution in [2.45, 2.75) is 27.0 Å². The highest BCUT2D eigenvalue weighted by molar-refractivity contribution is 5.94. The van der Waals surface area contributed by atoms with Crippen LogP contribution in [0, 0.1) is 13.8 Å². The van der Waals surface area contributed by atoms with Crippen LogP contribution in [0.2, 0.25) is 0 Å². The largest absolute Gasteiger partial charge is 0.489 e. The zero-order valence-electron chi connectivity index (χ0n) is 16.2. The Labute approximate surface area is 165 Å². The second-order valence-electron chi connectivity index (χ2n) is 6.58. The van der Waals surface area contributed by atoms with Crippen LogP contribution in [0.3, 0.4) is 0 Å². The molecule has 144 valence electrons. The van der Waals surface area contributed by atoms with Gasteiger partial charge in [0.1, 0.15) is 18.1 Å². The first-order valence-corrected chi connectivity index (χ1v) is 9.17. The molecule has 28 heavy (non-hydrogen) atoms. The molecule has 0 atom stereocenters. The molecule has 0 spiro atoms. The van der Waals surface area contributed by atoms with E-state index in [-0.39, 0.29) is 5.91 Å². The molecule has 5 heteroatoms. The van der Waals surface area contributed by atoms with Crippen LogP contribution in [0.1, 0.15) is 32.9 Å². The lowest BCUT2D eigenvalue weighted by atomic mass is 10.1. The number of amides is 1. The van der Waals surface area contributed by atoms with E-state index in [1.54, 1.807) is 23.1 Å². The summed E-state index contributed by atoms with van der Waals surface area (Å²) in [6, 6.07) is 17.1. The molecule has 0 aliphatic rings. The van der Waals surface area contributed by atoms with Crippen LogP contribution in [-0.4, -0.2) is 22.5 Å². The van der Waals surface area contributed by atoms with E-state index in [0.717, 1.165) is 22.6 Å². The lowest BCUT2D eigenvalue weighted by Crippen LogP contribution is -2.30.